The summed E-state index contributed by atoms with van der Waals surface area (Å²) < 4.78 is 11.2. The predicted octanol–water partition coefficient (Wildman–Crippen LogP) is 3.81. The topological polar surface area (TPSA) is 102 Å². The van der Waals surface area contributed by atoms with Crippen molar-refractivity contribution in [3.8, 4) is 11.5 Å². The fourth-order valence-corrected chi connectivity index (χ4v) is 4.72. The molecular weight excluding hydrogens is 442 g/mol. The first kappa shape index (κ1) is 21.1. The van der Waals surface area contributed by atoms with Gasteiger partial charge in [0.1, 0.15) is 24.0 Å². The van der Waals surface area contributed by atoms with Gasteiger partial charge in [-0.05, 0) is 42.7 Å². The van der Waals surface area contributed by atoms with Crippen LogP contribution in [0.25, 0.3) is 5.76 Å². The van der Waals surface area contributed by atoms with Crippen LogP contribution in [0.4, 0.5) is 5.13 Å². The van der Waals surface area contributed by atoms with E-state index in [1.54, 1.807) is 25.1 Å². The van der Waals surface area contributed by atoms with Crippen molar-refractivity contribution in [2.45, 2.75) is 26.3 Å². The van der Waals surface area contributed by atoms with E-state index in [2.05, 4.69) is 10.2 Å². The summed E-state index contributed by atoms with van der Waals surface area (Å²) in [6.45, 7) is 4.66. The number of nitrogens with zero attached hydrogens (tertiary/aromatic N) is 3. The van der Waals surface area contributed by atoms with E-state index in [9.17, 15) is 14.7 Å². The highest BCUT2D eigenvalue weighted by Crippen LogP contribution is 2.43. The Balaban J connectivity index is 1.67. The molecule has 2 aromatic carbocycles. The number of amides is 1. The molecule has 8 nitrogen and oxygen atoms in total. The lowest BCUT2D eigenvalue weighted by atomic mass is 9.94. The van der Waals surface area contributed by atoms with Crippen molar-refractivity contribution < 1.29 is 24.2 Å². The van der Waals surface area contributed by atoms with Crippen molar-refractivity contribution in [2.24, 2.45) is 0 Å². The first-order valence-corrected chi connectivity index (χ1v) is 11.4. The lowest BCUT2D eigenvalue weighted by molar-refractivity contribution is -0.132. The number of benzene rings is 2. The molecule has 2 aliphatic rings. The quantitative estimate of drug-likeness (QED) is 0.357. The fourth-order valence-electron chi connectivity index (χ4n) is 4.01. The number of aromatic nitrogens is 2. The molecule has 33 heavy (non-hydrogen) atoms. The van der Waals surface area contributed by atoms with Crippen molar-refractivity contribution >= 4 is 33.9 Å². The molecule has 1 saturated heterocycles. The van der Waals surface area contributed by atoms with Crippen LogP contribution in [-0.4, -0.2) is 40.2 Å². The minimum atomic E-state index is -0.837. The van der Waals surface area contributed by atoms with Crippen molar-refractivity contribution in [3.05, 3.63) is 69.7 Å². The maximum Gasteiger partial charge on any atom is 0.301 e. The molecule has 0 spiro atoms. The average Bonchev–Trinajstić information content (AvgIpc) is 3.38. The number of anilines is 1. The summed E-state index contributed by atoms with van der Waals surface area (Å²) in [6.07, 6.45) is 0.854. The lowest BCUT2D eigenvalue weighted by Crippen LogP contribution is -2.29. The number of fused-ring (bicyclic) bond motifs is 1. The van der Waals surface area contributed by atoms with Gasteiger partial charge in [-0.25, -0.2) is 0 Å². The molecule has 1 N–H and O–H groups in total. The Kier molecular flexibility index (Phi) is 5.33. The van der Waals surface area contributed by atoms with Crippen LogP contribution in [0.15, 0.2) is 48.0 Å². The maximum atomic E-state index is 13.2. The number of hydrogen-bond acceptors (Lipinski definition) is 8. The summed E-state index contributed by atoms with van der Waals surface area (Å²) in [5.74, 6) is -0.773. The third-order valence-electron chi connectivity index (χ3n) is 5.69. The number of carbonyl (C=O) groups is 2. The van der Waals surface area contributed by atoms with Gasteiger partial charge in [-0.2, -0.15) is 0 Å². The second-order valence-corrected chi connectivity index (χ2v) is 8.89. The molecule has 1 amide bonds. The van der Waals surface area contributed by atoms with E-state index in [-0.39, 0.29) is 11.3 Å². The van der Waals surface area contributed by atoms with Gasteiger partial charge in [-0.15, -0.1) is 10.2 Å². The predicted molar refractivity (Wildman–Crippen MR) is 123 cm³/mol. The van der Waals surface area contributed by atoms with Crippen molar-refractivity contribution in [3.63, 3.8) is 0 Å². The summed E-state index contributed by atoms with van der Waals surface area (Å²) in [4.78, 5) is 27.6. The first-order chi connectivity index (χ1) is 16.0. The molecule has 0 radical (unpaired) electrons. The van der Waals surface area contributed by atoms with Crippen LogP contribution in [0.1, 0.15) is 34.7 Å². The molecule has 1 unspecified atom stereocenters. The summed E-state index contributed by atoms with van der Waals surface area (Å²) in [5.41, 5.74) is 2.17. The standard InChI is InChI=1S/C24H21N3O5S/c1-3-14-4-6-15(7-5-14)20-19(22(29)23(30)27(20)24-26-25-13(2)33-24)21(28)16-8-9-17-18(12-16)32-11-10-31-17/h4-9,12,20,28H,3,10-11H2,1-2H3/b21-19+. The van der Waals surface area contributed by atoms with E-state index >= 15 is 0 Å². The minimum absolute atomic E-state index is 0.00576. The third-order valence-corrected chi connectivity index (χ3v) is 6.52. The minimum Gasteiger partial charge on any atom is -0.507 e. The number of aliphatic hydroxyl groups is 1. The molecule has 168 valence electrons. The molecule has 0 aliphatic carbocycles. The average molecular weight is 464 g/mol. The Hall–Kier alpha value is -3.72. The number of ketones is 1. The number of aryl methyl sites for hydroxylation is 2. The molecule has 9 heteroatoms. The number of aliphatic hydroxyl groups excluding tert-OH is 1. The van der Waals surface area contributed by atoms with Crippen LogP contribution in [0.3, 0.4) is 0 Å². The number of ether oxygens (including phenoxy) is 2. The Morgan fingerprint density at radius 3 is 2.48 bits per heavy atom. The SMILES string of the molecule is CCc1ccc(C2/C(=C(\O)c3ccc4c(c3)OCCO4)C(=O)C(=O)N2c2nnc(C)s2)cc1. The second kappa shape index (κ2) is 8.32. The molecule has 1 aromatic heterocycles. The molecule has 1 atom stereocenters. The van der Waals surface area contributed by atoms with Crippen LogP contribution in [0.5, 0.6) is 11.5 Å². The zero-order valence-electron chi connectivity index (χ0n) is 18.1. The number of hydrogen-bond donors (Lipinski definition) is 1. The largest absolute Gasteiger partial charge is 0.507 e. The van der Waals surface area contributed by atoms with E-state index in [1.807, 2.05) is 31.2 Å². The molecule has 0 saturated carbocycles. The van der Waals surface area contributed by atoms with Crippen LogP contribution in [-0.2, 0) is 16.0 Å². The summed E-state index contributed by atoms with van der Waals surface area (Å²) in [6, 6.07) is 11.7. The molecule has 3 heterocycles. The molecular formula is C24H21N3O5S. The Morgan fingerprint density at radius 2 is 1.82 bits per heavy atom. The van der Waals surface area contributed by atoms with Crippen LogP contribution >= 0.6 is 11.3 Å². The highest BCUT2D eigenvalue weighted by Gasteiger charge is 2.48. The van der Waals surface area contributed by atoms with E-state index in [1.165, 1.54) is 16.2 Å². The van der Waals surface area contributed by atoms with Gasteiger partial charge in [0, 0.05) is 5.56 Å². The molecule has 3 aromatic rings. The maximum absolute atomic E-state index is 13.2. The number of carbonyl (C=O) groups excluding carboxylic acids is 2. The smallest absolute Gasteiger partial charge is 0.301 e. The van der Waals surface area contributed by atoms with Gasteiger partial charge in [0.05, 0.1) is 11.6 Å². The van der Waals surface area contributed by atoms with E-state index < -0.39 is 17.7 Å². The van der Waals surface area contributed by atoms with Gasteiger partial charge in [0.25, 0.3) is 5.78 Å². The first-order valence-electron chi connectivity index (χ1n) is 10.6. The van der Waals surface area contributed by atoms with Crippen molar-refractivity contribution in [1.29, 1.82) is 0 Å². The highest BCUT2D eigenvalue weighted by atomic mass is 32.1. The van der Waals surface area contributed by atoms with E-state index in [0.29, 0.717) is 46.0 Å². The van der Waals surface area contributed by atoms with Gasteiger partial charge < -0.3 is 14.6 Å². The normalized spacial score (nSPS) is 19.2. The van der Waals surface area contributed by atoms with Gasteiger partial charge >= 0.3 is 5.91 Å². The molecule has 5 rings (SSSR count). The van der Waals surface area contributed by atoms with Crippen molar-refractivity contribution in [2.75, 3.05) is 18.1 Å². The Morgan fingerprint density at radius 1 is 1.09 bits per heavy atom. The van der Waals surface area contributed by atoms with Gasteiger partial charge in [0.2, 0.25) is 5.13 Å². The van der Waals surface area contributed by atoms with Crippen LogP contribution in [0.2, 0.25) is 0 Å². The molecule has 0 bridgehead atoms. The fraction of sp³-hybridized carbons (Fsp3) is 0.250. The summed E-state index contributed by atoms with van der Waals surface area (Å²) in [5, 5.41) is 20.3. The van der Waals surface area contributed by atoms with Crippen LogP contribution < -0.4 is 14.4 Å². The lowest BCUT2D eigenvalue weighted by Gasteiger charge is -2.23. The summed E-state index contributed by atoms with van der Waals surface area (Å²) >= 11 is 1.21. The van der Waals surface area contributed by atoms with E-state index in [4.69, 9.17) is 9.47 Å². The molecule has 1 fully saturated rings. The monoisotopic (exact) mass is 463 g/mol. The van der Waals surface area contributed by atoms with E-state index in [0.717, 1.165) is 12.0 Å². The van der Waals surface area contributed by atoms with Gasteiger partial charge in [-0.1, -0.05) is 42.5 Å². The third kappa shape index (κ3) is 3.64. The van der Waals surface area contributed by atoms with Gasteiger partial charge in [-0.3, -0.25) is 14.5 Å². The van der Waals surface area contributed by atoms with Crippen molar-refractivity contribution in [1.82, 2.24) is 10.2 Å². The van der Waals surface area contributed by atoms with Gasteiger partial charge in [0.15, 0.2) is 11.5 Å². The highest BCUT2D eigenvalue weighted by molar-refractivity contribution is 7.15. The number of Topliss-reactive ketones (excluding diaryl/α,β-unsaturated/α-hetero) is 1. The zero-order valence-corrected chi connectivity index (χ0v) is 18.9. The molecule has 2 aliphatic heterocycles. The Bertz CT molecular complexity index is 1280. The Labute approximate surface area is 194 Å². The summed E-state index contributed by atoms with van der Waals surface area (Å²) in [7, 11) is 0. The second-order valence-electron chi connectivity index (χ2n) is 7.73. The number of rotatable bonds is 4. The van der Waals surface area contributed by atoms with Crippen LogP contribution in [0, 0.1) is 6.92 Å². The zero-order chi connectivity index (χ0) is 23.1.